The minimum absolute atomic E-state index is 0.0663. The monoisotopic (exact) mass is 274 g/mol. The maximum atomic E-state index is 10.6. The van der Waals surface area contributed by atoms with Gasteiger partial charge in [-0.05, 0) is 24.6 Å². The zero-order valence-corrected chi connectivity index (χ0v) is 11.4. The SMILES string of the molecule is CCc1n(N=C(C)c2ccc([N+](=O)[O-])cc2)cc[n+]1N. The van der Waals surface area contributed by atoms with Gasteiger partial charge in [-0.3, -0.25) is 16.0 Å². The van der Waals surface area contributed by atoms with Crippen LogP contribution in [-0.2, 0) is 6.42 Å². The fourth-order valence-electron chi connectivity index (χ4n) is 1.90. The molecule has 0 unspecified atom stereocenters. The minimum atomic E-state index is -0.422. The summed E-state index contributed by atoms with van der Waals surface area (Å²) in [4.78, 5) is 10.2. The van der Waals surface area contributed by atoms with Crippen molar-refractivity contribution in [3.8, 4) is 0 Å². The van der Waals surface area contributed by atoms with Crippen LogP contribution in [0, 0.1) is 10.1 Å². The van der Waals surface area contributed by atoms with Crippen molar-refractivity contribution in [3.63, 3.8) is 0 Å². The van der Waals surface area contributed by atoms with Crippen molar-refractivity contribution in [1.29, 1.82) is 0 Å². The van der Waals surface area contributed by atoms with Crippen molar-refractivity contribution in [2.24, 2.45) is 5.10 Å². The first-order valence-electron chi connectivity index (χ1n) is 6.20. The maximum Gasteiger partial charge on any atom is 0.304 e. The normalized spacial score (nSPS) is 11.6. The van der Waals surface area contributed by atoms with E-state index >= 15 is 0 Å². The molecule has 0 aliphatic carbocycles. The smallest absolute Gasteiger partial charge is 0.269 e. The molecule has 1 heterocycles. The number of non-ortho nitro benzene ring substituents is 1. The van der Waals surface area contributed by atoms with Gasteiger partial charge in [-0.1, -0.05) is 12.0 Å². The molecule has 0 bridgehead atoms. The second-order valence-corrected chi connectivity index (χ2v) is 4.31. The first-order valence-corrected chi connectivity index (χ1v) is 6.20. The van der Waals surface area contributed by atoms with Gasteiger partial charge in [0.25, 0.3) is 5.69 Å². The van der Waals surface area contributed by atoms with Crippen LogP contribution in [0.15, 0.2) is 41.8 Å². The molecule has 7 heteroatoms. The van der Waals surface area contributed by atoms with E-state index in [9.17, 15) is 10.1 Å². The molecule has 0 amide bonds. The van der Waals surface area contributed by atoms with Gasteiger partial charge in [-0.25, -0.2) is 0 Å². The Balaban J connectivity index is 2.32. The molecule has 1 aromatic carbocycles. The zero-order chi connectivity index (χ0) is 14.7. The van der Waals surface area contributed by atoms with Gasteiger partial charge in [-0.15, -0.1) is 9.35 Å². The van der Waals surface area contributed by atoms with E-state index < -0.39 is 4.92 Å². The number of nitrogens with two attached hydrogens (primary N) is 1. The fraction of sp³-hybridized carbons (Fsp3) is 0.231. The molecule has 2 N–H and O–H groups in total. The molecule has 0 radical (unpaired) electrons. The van der Waals surface area contributed by atoms with Gasteiger partial charge in [0.1, 0.15) is 0 Å². The molecule has 20 heavy (non-hydrogen) atoms. The van der Waals surface area contributed by atoms with E-state index in [0.29, 0.717) is 0 Å². The number of aromatic nitrogens is 2. The van der Waals surface area contributed by atoms with E-state index in [1.54, 1.807) is 29.2 Å². The van der Waals surface area contributed by atoms with Crippen molar-refractivity contribution in [3.05, 3.63) is 58.2 Å². The molecule has 0 saturated carbocycles. The Kier molecular flexibility index (Phi) is 3.79. The molecule has 0 aliphatic heterocycles. The largest absolute Gasteiger partial charge is 0.304 e. The first kappa shape index (κ1) is 13.7. The van der Waals surface area contributed by atoms with Crippen LogP contribution < -0.4 is 10.5 Å². The molecular formula is C13H16N5O2+. The number of imidazole rings is 1. The summed E-state index contributed by atoms with van der Waals surface area (Å²) in [7, 11) is 0. The van der Waals surface area contributed by atoms with Crippen LogP contribution in [0.2, 0.25) is 0 Å². The molecule has 7 nitrogen and oxygen atoms in total. The van der Waals surface area contributed by atoms with Crippen molar-refractivity contribution in [2.75, 3.05) is 5.84 Å². The minimum Gasteiger partial charge on any atom is -0.269 e. The van der Waals surface area contributed by atoms with Crippen LogP contribution in [0.1, 0.15) is 25.2 Å². The highest BCUT2D eigenvalue weighted by molar-refractivity contribution is 5.98. The quantitative estimate of drug-likeness (QED) is 0.299. The predicted molar refractivity (Wildman–Crippen MR) is 74.9 cm³/mol. The maximum absolute atomic E-state index is 10.6. The third-order valence-corrected chi connectivity index (χ3v) is 3.00. The second-order valence-electron chi connectivity index (χ2n) is 4.31. The topological polar surface area (TPSA) is 90.3 Å². The van der Waals surface area contributed by atoms with Gasteiger partial charge in [0.05, 0.1) is 17.1 Å². The van der Waals surface area contributed by atoms with Gasteiger partial charge in [0.2, 0.25) is 0 Å². The number of nitrogens with zero attached hydrogens (tertiary/aromatic N) is 4. The Hall–Kier alpha value is -2.70. The third-order valence-electron chi connectivity index (χ3n) is 3.00. The zero-order valence-electron chi connectivity index (χ0n) is 11.4. The first-order chi connectivity index (χ1) is 9.52. The highest BCUT2D eigenvalue weighted by Gasteiger charge is 2.13. The molecule has 0 saturated heterocycles. The molecular weight excluding hydrogens is 258 g/mol. The standard InChI is InChI=1S/C13H16N5O2/c1-3-13-16(14)8-9-17(13)15-10(2)11-4-6-12(7-5-11)18(19)20/h4-9H,3,14H2,1-2H3/q+1. The predicted octanol–water partition coefficient (Wildman–Crippen LogP) is 1.23. The lowest BCUT2D eigenvalue weighted by atomic mass is 10.1. The van der Waals surface area contributed by atoms with Crippen molar-refractivity contribution in [2.45, 2.75) is 20.3 Å². The number of nitro groups is 1. The van der Waals surface area contributed by atoms with E-state index in [2.05, 4.69) is 5.10 Å². The molecule has 104 valence electrons. The summed E-state index contributed by atoms with van der Waals surface area (Å²) in [6, 6.07) is 6.30. The fourth-order valence-corrected chi connectivity index (χ4v) is 1.90. The summed E-state index contributed by atoms with van der Waals surface area (Å²) in [5, 5.41) is 15.1. The van der Waals surface area contributed by atoms with Crippen LogP contribution in [0.3, 0.4) is 0 Å². The van der Waals surface area contributed by atoms with E-state index in [0.717, 1.165) is 23.5 Å². The number of hydrogen-bond donors (Lipinski definition) is 1. The molecule has 0 fully saturated rings. The Morgan fingerprint density at radius 2 is 2.10 bits per heavy atom. The van der Waals surface area contributed by atoms with Gasteiger partial charge in [0, 0.05) is 12.1 Å². The van der Waals surface area contributed by atoms with Crippen LogP contribution >= 0.6 is 0 Å². The van der Waals surface area contributed by atoms with E-state index in [1.165, 1.54) is 16.8 Å². The molecule has 0 aliphatic rings. The summed E-state index contributed by atoms with van der Waals surface area (Å²) in [6.07, 6.45) is 4.25. The Bertz CT molecular complexity index is 658. The van der Waals surface area contributed by atoms with Crippen LogP contribution in [-0.4, -0.2) is 15.3 Å². The van der Waals surface area contributed by atoms with Crippen molar-refractivity contribution in [1.82, 2.24) is 4.68 Å². The number of benzene rings is 1. The molecule has 2 aromatic rings. The second kappa shape index (κ2) is 5.52. The highest BCUT2D eigenvalue weighted by atomic mass is 16.6. The Morgan fingerprint density at radius 1 is 1.45 bits per heavy atom. The lowest BCUT2D eigenvalue weighted by Crippen LogP contribution is -2.46. The van der Waals surface area contributed by atoms with Crippen LogP contribution in [0.4, 0.5) is 5.69 Å². The van der Waals surface area contributed by atoms with Crippen molar-refractivity contribution >= 4 is 11.4 Å². The summed E-state index contributed by atoms with van der Waals surface area (Å²) in [6.45, 7) is 3.84. The average Bonchev–Trinajstić information content (AvgIpc) is 2.79. The van der Waals surface area contributed by atoms with Crippen LogP contribution in [0.25, 0.3) is 0 Å². The van der Waals surface area contributed by atoms with E-state index in [4.69, 9.17) is 5.84 Å². The lowest BCUT2D eigenvalue weighted by Gasteiger charge is -1.99. The van der Waals surface area contributed by atoms with E-state index in [-0.39, 0.29) is 5.69 Å². The van der Waals surface area contributed by atoms with Gasteiger partial charge >= 0.3 is 5.82 Å². The molecule has 0 spiro atoms. The Morgan fingerprint density at radius 3 is 2.65 bits per heavy atom. The summed E-state index contributed by atoms with van der Waals surface area (Å²) < 4.78 is 3.23. The Labute approximate surface area is 116 Å². The number of hydrogen-bond acceptors (Lipinski definition) is 4. The molecule has 1 aromatic heterocycles. The lowest BCUT2D eigenvalue weighted by molar-refractivity contribution is -0.646. The number of nitrogen functional groups attached to an aromatic ring is 1. The highest BCUT2D eigenvalue weighted by Crippen LogP contribution is 2.12. The van der Waals surface area contributed by atoms with Gasteiger partial charge < -0.3 is 0 Å². The van der Waals surface area contributed by atoms with Gasteiger partial charge in [0.15, 0.2) is 12.4 Å². The number of nitro benzene ring substituents is 1. The summed E-state index contributed by atoms with van der Waals surface area (Å²) in [5.74, 6) is 6.64. The van der Waals surface area contributed by atoms with Gasteiger partial charge in [-0.2, -0.15) is 0 Å². The van der Waals surface area contributed by atoms with E-state index in [1.807, 2.05) is 13.8 Å². The van der Waals surface area contributed by atoms with Crippen molar-refractivity contribution < 1.29 is 9.60 Å². The van der Waals surface area contributed by atoms with Crippen LogP contribution in [0.5, 0.6) is 0 Å². The third kappa shape index (κ3) is 2.66. The average molecular weight is 274 g/mol. The number of rotatable bonds is 4. The summed E-state index contributed by atoms with van der Waals surface area (Å²) >= 11 is 0. The molecule has 2 rings (SSSR count). The summed E-state index contributed by atoms with van der Waals surface area (Å²) in [5.41, 5.74) is 1.65. The molecule has 0 atom stereocenters.